The fraction of sp³-hybridized carbons (Fsp3) is 0.125. The van der Waals surface area contributed by atoms with Gasteiger partial charge in [0.25, 0.3) is 15.9 Å². The van der Waals surface area contributed by atoms with Gasteiger partial charge in [0.15, 0.2) is 5.65 Å². The van der Waals surface area contributed by atoms with Gasteiger partial charge in [0.1, 0.15) is 17.0 Å². The molecule has 1 N–H and O–H groups in total. The van der Waals surface area contributed by atoms with Crippen LogP contribution in [0.5, 0.6) is 0 Å². The number of aromatic nitrogens is 3. The lowest BCUT2D eigenvalue weighted by Gasteiger charge is -2.12. The zero-order valence-corrected chi connectivity index (χ0v) is 20.2. The summed E-state index contributed by atoms with van der Waals surface area (Å²) >= 11 is 6.09. The minimum atomic E-state index is -4.53. The molecular formula is C24H18ClF3N4O3S. The van der Waals surface area contributed by atoms with E-state index in [1.54, 1.807) is 41.8 Å². The maximum absolute atomic E-state index is 13.0. The third kappa shape index (κ3) is 5.74. The van der Waals surface area contributed by atoms with Crippen molar-refractivity contribution >= 4 is 44.8 Å². The van der Waals surface area contributed by atoms with Crippen LogP contribution in [-0.2, 0) is 22.7 Å². The average Bonchev–Trinajstić information content (AvgIpc) is 3.13. The highest BCUT2D eigenvalue weighted by molar-refractivity contribution is 7.93. The summed E-state index contributed by atoms with van der Waals surface area (Å²) in [6.07, 6.45) is -3.18. The molecule has 2 heterocycles. The van der Waals surface area contributed by atoms with Gasteiger partial charge < -0.3 is 4.57 Å². The van der Waals surface area contributed by atoms with E-state index in [1.165, 1.54) is 24.3 Å². The molecule has 0 fully saturated rings. The molecule has 2 aromatic heterocycles. The van der Waals surface area contributed by atoms with E-state index in [0.717, 1.165) is 17.5 Å². The number of aryl methyl sites for hydroxylation is 1. The number of halogens is 4. The highest BCUT2D eigenvalue weighted by Gasteiger charge is 2.31. The second-order valence-corrected chi connectivity index (χ2v) is 9.75. The van der Waals surface area contributed by atoms with Gasteiger partial charge in [0.2, 0.25) is 0 Å². The summed E-state index contributed by atoms with van der Waals surface area (Å²) in [5, 5.41) is 0.788. The van der Waals surface area contributed by atoms with Crippen LogP contribution in [0.25, 0.3) is 17.2 Å². The first kappa shape index (κ1) is 25.4. The van der Waals surface area contributed by atoms with Crippen LogP contribution in [0.2, 0.25) is 5.02 Å². The number of fused-ring (bicyclic) bond motifs is 1. The fourth-order valence-corrected chi connectivity index (χ4v) is 4.41. The van der Waals surface area contributed by atoms with E-state index in [1.807, 2.05) is 4.72 Å². The van der Waals surface area contributed by atoms with E-state index in [4.69, 9.17) is 11.6 Å². The molecule has 0 saturated carbocycles. The van der Waals surface area contributed by atoms with Gasteiger partial charge in [-0.05, 0) is 48.4 Å². The predicted molar refractivity (Wildman–Crippen MR) is 130 cm³/mol. The number of hydrogen-bond donors (Lipinski definition) is 1. The Bertz CT molecular complexity index is 1580. The van der Waals surface area contributed by atoms with Crippen molar-refractivity contribution in [3.05, 3.63) is 99.3 Å². The van der Waals surface area contributed by atoms with Crippen LogP contribution < -0.4 is 4.72 Å². The molecule has 0 spiro atoms. The number of carbonyl (C=O) groups excluding carboxylic acids is 1. The van der Waals surface area contributed by atoms with Gasteiger partial charge in [0, 0.05) is 5.02 Å². The van der Waals surface area contributed by atoms with Crippen LogP contribution in [0.15, 0.2) is 66.1 Å². The monoisotopic (exact) mass is 534 g/mol. The smallest absolute Gasteiger partial charge is 0.308 e. The quantitative estimate of drug-likeness (QED) is 0.367. The summed E-state index contributed by atoms with van der Waals surface area (Å²) in [6.45, 7) is 1.70. The standard InChI is InChI=1S/C24H18ClF3N4O3S/c1-15-29-20-9-10-21(23(33)31-36(34,35)12-11-16-5-3-2-4-6-16)30-22(20)32(15)14-17-7-8-18(13-19(17)25)24(26,27)28/h2-13H,14H2,1H3,(H,31,33). The van der Waals surface area contributed by atoms with Gasteiger partial charge >= 0.3 is 6.18 Å². The van der Waals surface area contributed by atoms with Crippen LogP contribution in [-0.4, -0.2) is 28.9 Å². The zero-order valence-electron chi connectivity index (χ0n) is 18.6. The van der Waals surface area contributed by atoms with Crippen LogP contribution in [0.1, 0.15) is 33.0 Å². The lowest BCUT2D eigenvalue weighted by molar-refractivity contribution is -0.137. The van der Waals surface area contributed by atoms with Crippen molar-refractivity contribution in [2.75, 3.05) is 0 Å². The maximum Gasteiger partial charge on any atom is 0.416 e. The second kappa shape index (κ2) is 9.75. The summed E-state index contributed by atoms with van der Waals surface area (Å²) < 4.78 is 67.1. The Hall–Kier alpha value is -3.70. The number of nitrogens with one attached hydrogen (secondary N) is 1. The number of hydrogen-bond acceptors (Lipinski definition) is 5. The zero-order chi connectivity index (χ0) is 26.1. The number of rotatable bonds is 6. The van der Waals surface area contributed by atoms with Crippen molar-refractivity contribution < 1.29 is 26.4 Å². The van der Waals surface area contributed by atoms with Gasteiger partial charge in [-0.1, -0.05) is 48.0 Å². The molecule has 12 heteroatoms. The predicted octanol–water partition coefficient (Wildman–Crippen LogP) is 5.19. The summed E-state index contributed by atoms with van der Waals surface area (Å²) in [5.74, 6) is -0.475. The third-order valence-corrected chi connectivity index (χ3v) is 6.51. The molecule has 0 bridgehead atoms. The van der Waals surface area contributed by atoms with Crippen molar-refractivity contribution in [3.8, 4) is 0 Å². The summed E-state index contributed by atoms with van der Waals surface area (Å²) in [7, 11) is -4.11. The molecule has 0 saturated heterocycles. The Morgan fingerprint density at radius 1 is 1.08 bits per heavy atom. The lowest BCUT2D eigenvalue weighted by Crippen LogP contribution is -2.29. The topological polar surface area (TPSA) is 93.9 Å². The lowest BCUT2D eigenvalue weighted by atomic mass is 10.1. The van der Waals surface area contributed by atoms with E-state index in [-0.39, 0.29) is 22.9 Å². The first-order chi connectivity index (χ1) is 16.9. The Morgan fingerprint density at radius 3 is 2.47 bits per heavy atom. The van der Waals surface area contributed by atoms with Gasteiger partial charge in [-0.2, -0.15) is 13.2 Å². The number of alkyl halides is 3. The molecule has 4 rings (SSSR count). The first-order valence-electron chi connectivity index (χ1n) is 10.4. The summed E-state index contributed by atoms with van der Waals surface area (Å²) in [5.41, 5.74) is 0.627. The number of pyridine rings is 1. The molecule has 4 aromatic rings. The second-order valence-electron chi connectivity index (χ2n) is 7.78. The van der Waals surface area contributed by atoms with Gasteiger partial charge in [0.05, 0.1) is 17.5 Å². The molecular weight excluding hydrogens is 517 g/mol. The summed E-state index contributed by atoms with van der Waals surface area (Å²) in [6, 6.07) is 14.5. The van der Waals surface area contributed by atoms with Crippen molar-refractivity contribution in [2.45, 2.75) is 19.6 Å². The number of benzene rings is 2. The first-order valence-corrected chi connectivity index (χ1v) is 12.4. The molecule has 1 amide bonds. The minimum absolute atomic E-state index is 0.0372. The number of sulfonamides is 1. The van der Waals surface area contributed by atoms with Crippen molar-refractivity contribution in [1.29, 1.82) is 0 Å². The van der Waals surface area contributed by atoms with Gasteiger partial charge in [-0.15, -0.1) is 0 Å². The van der Waals surface area contributed by atoms with Crippen LogP contribution in [0.3, 0.4) is 0 Å². The number of amides is 1. The van der Waals surface area contributed by atoms with Crippen LogP contribution >= 0.6 is 11.6 Å². The summed E-state index contributed by atoms with van der Waals surface area (Å²) in [4.78, 5) is 21.2. The molecule has 0 atom stereocenters. The van der Waals surface area contributed by atoms with Crippen molar-refractivity contribution in [1.82, 2.24) is 19.3 Å². The highest BCUT2D eigenvalue weighted by Crippen LogP contribution is 2.32. The third-order valence-electron chi connectivity index (χ3n) is 5.20. The normalized spacial score (nSPS) is 12.4. The number of nitrogens with zero attached hydrogens (tertiary/aromatic N) is 3. The SMILES string of the molecule is Cc1nc2ccc(C(=O)NS(=O)(=O)C=Cc3ccccc3)nc2n1Cc1ccc(C(F)(F)F)cc1Cl. The van der Waals surface area contributed by atoms with E-state index in [2.05, 4.69) is 9.97 Å². The molecule has 0 aliphatic rings. The largest absolute Gasteiger partial charge is 0.416 e. The number of imidazole rings is 1. The minimum Gasteiger partial charge on any atom is -0.308 e. The molecule has 186 valence electrons. The molecule has 0 unspecified atom stereocenters. The highest BCUT2D eigenvalue weighted by atomic mass is 35.5. The van der Waals surface area contributed by atoms with Gasteiger partial charge in [-0.25, -0.2) is 23.1 Å². The van der Waals surface area contributed by atoms with Crippen LogP contribution in [0, 0.1) is 6.92 Å². The van der Waals surface area contributed by atoms with Crippen LogP contribution in [0.4, 0.5) is 13.2 Å². The molecule has 2 aromatic carbocycles. The van der Waals surface area contributed by atoms with E-state index in [0.29, 0.717) is 22.5 Å². The van der Waals surface area contributed by atoms with Crippen molar-refractivity contribution in [2.24, 2.45) is 0 Å². The molecule has 36 heavy (non-hydrogen) atoms. The molecule has 0 radical (unpaired) electrons. The average molecular weight is 535 g/mol. The molecule has 7 nitrogen and oxygen atoms in total. The fourth-order valence-electron chi connectivity index (χ4n) is 3.40. The maximum atomic E-state index is 13.0. The van der Waals surface area contributed by atoms with E-state index in [9.17, 15) is 26.4 Å². The molecule has 0 aliphatic carbocycles. The molecule has 0 aliphatic heterocycles. The van der Waals surface area contributed by atoms with Gasteiger partial charge in [-0.3, -0.25) is 4.79 Å². The van der Waals surface area contributed by atoms with Crippen molar-refractivity contribution in [3.63, 3.8) is 0 Å². The van der Waals surface area contributed by atoms with E-state index >= 15 is 0 Å². The Balaban J connectivity index is 1.59. The Morgan fingerprint density at radius 2 is 1.81 bits per heavy atom. The van der Waals surface area contributed by atoms with E-state index < -0.39 is 27.7 Å². The number of carbonyl (C=O) groups is 1. The Kier molecular flexibility index (Phi) is 6.87. The Labute approximate surface area is 209 Å².